The number of nitrogens with zero attached hydrogens (tertiary/aromatic N) is 4. The molecule has 27 heavy (non-hydrogen) atoms. The number of ether oxygens (including phenoxy) is 1. The number of rotatable bonds is 7. The van der Waals surface area contributed by atoms with Crippen molar-refractivity contribution in [1.82, 2.24) is 19.8 Å². The van der Waals surface area contributed by atoms with Crippen molar-refractivity contribution < 1.29 is 14.6 Å². The van der Waals surface area contributed by atoms with Crippen LogP contribution in [0.1, 0.15) is 18.9 Å². The Morgan fingerprint density at radius 1 is 1.15 bits per heavy atom. The quantitative estimate of drug-likeness (QED) is 0.800. The fourth-order valence-corrected chi connectivity index (χ4v) is 3.31. The number of hydrogen-bond acceptors (Lipinski definition) is 6. The van der Waals surface area contributed by atoms with Crippen LogP contribution in [0.2, 0.25) is 0 Å². The summed E-state index contributed by atoms with van der Waals surface area (Å²) in [5.41, 5.74) is 1.87. The Labute approximate surface area is 159 Å². The molecule has 0 aliphatic carbocycles. The largest absolute Gasteiger partial charge is 0.482 e. The summed E-state index contributed by atoms with van der Waals surface area (Å²) in [4.78, 5) is 24.4. The molecule has 2 heterocycles. The summed E-state index contributed by atoms with van der Waals surface area (Å²) in [5.74, 6) is 0.273. The molecule has 2 aromatic rings. The lowest BCUT2D eigenvalue weighted by atomic mass is 10.1. The van der Waals surface area contributed by atoms with E-state index in [0.29, 0.717) is 18.1 Å². The molecule has 0 amide bonds. The number of likely N-dealkylation sites (N-methyl/N-ethyl adjacent to an activating group) is 1. The number of aliphatic carboxylic acids is 1. The predicted octanol–water partition coefficient (Wildman–Crippen LogP) is 2.13. The van der Waals surface area contributed by atoms with E-state index in [4.69, 9.17) is 9.84 Å². The fourth-order valence-electron chi connectivity index (χ4n) is 3.31. The average molecular weight is 370 g/mol. The highest BCUT2D eigenvalue weighted by Crippen LogP contribution is 2.26. The van der Waals surface area contributed by atoms with Crippen molar-refractivity contribution in [2.75, 3.05) is 39.3 Å². The monoisotopic (exact) mass is 370 g/mol. The SMILES string of the molecule is CCN1CCCN(Cc2cc(-c3ncccn3)ccc2OCC(=O)O)CC1. The molecule has 0 bridgehead atoms. The lowest BCUT2D eigenvalue weighted by Crippen LogP contribution is -2.30. The van der Waals surface area contributed by atoms with Crippen molar-refractivity contribution in [3.05, 3.63) is 42.2 Å². The normalized spacial score (nSPS) is 16.0. The molecule has 1 fully saturated rings. The number of carboxylic acid groups (broad SMARTS) is 1. The van der Waals surface area contributed by atoms with Crippen LogP contribution < -0.4 is 4.74 Å². The molecule has 1 N–H and O–H groups in total. The van der Waals surface area contributed by atoms with Crippen LogP contribution in [-0.4, -0.2) is 70.2 Å². The first-order chi connectivity index (χ1) is 13.2. The second-order valence-electron chi connectivity index (χ2n) is 6.64. The Kier molecular flexibility index (Phi) is 6.73. The fraction of sp³-hybridized carbons (Fsp3) is 0.450. The molecule has 1 aliphatic rings. The minimum absolute atomic E-state index is 0.349. The third-order valence-electron chi connectivity index (χ3n) is 4.76. The van der Waals surface area contributed by atoms with Gasteiger partial charge in [0.15, 0.2) is 12.4 Å². The highest BCUT2D eigenvalue weighted by atomic mass is 16.5. The van der Waals surface area contributed by atoms with Crippen LogP contribution in [-0.2, 0) is 11.3 Å². The molecule has 0 saturated carbocycles. The van der Waals surface area contributed by atoms with Crippen LogP contribution in [0.5, 0.6) is 5.75 Å². The van der Waals surface area contributed by atoms with Crippen molar-refractivity contribution in [2.24, 2.45) is 0 Å². The van der Waals surface area contributed by atoms with Gasteiger partial charge >= 0.3 is 5.97 Å². The molecule has 7 heteroatoms. The standard InChI is InChI=1S/C20H26N4O3/c1-2-23-9-4-10-24(12-11-23)14-17-13-16(20-21-7-3-8-22-20)5-6-18(17)27-15-19(25)26/h3,5-8,13H,2,4,9-12,14-15H2,1H3,(H,25,26). The third kappa shape index (κ3) is 5.48. The van der Waals surface area contributed by atoms with Crippen LogP contribution in [0.25, 0.3) is 11.4 Å². The zero-order valence-electron chi connectivity index (χ0n) is 15.7. The van der Waals surface area contributed by atoms with E-state index in [1.165, 1.54) is 0 Å². The Hall–Kier alpha value is -2.51. The Bertz CT molecular complexity index is 754. The highest BCUT2D eigenvalue weighted by Gasteiger charge is 2.17. The third-order valence-corrected chi connectivity index (χ3v) is 4.76. The minimum Gasteiger partial charge on any atom is -0.482 e. The molecule has 1 aromatic carbocycles. The predicted molar refractivity (Wildman–Crippen MR) is 103 cm³/mol. The first kappa shape index (κ1) is 19.3. The lowest BCUT2D eigenvalue weighted by Gasteiger charge is -2.22. The van der Waals surface area contributed by atoms with Crippen molar-refractivity contribution in [2.45, 2.75) is 19.9 Å². The Balaban J connectivity index is 1.81. The maximum absolute atomic E-state index is 10.9. The first-order valence-corrected chi connectivity index (χ1v) is 9.35. The van der Waals surface area contributed by atoms with E-state index < -0.39 is 5.97 Å². The molecule has 144 valence electrons. The van der Waals surface area contributed by atoms with Crippen molar-refractivity contribution in [1.29, 1.82) is 0 Å². The molecule has 0 spiro atoms. The van der Waals surface area contributed by atoms with Crippen LogP contribution in [0.4, 0.5) is 0 Å². The highest BCUT2D eigenvalue weighted by molar-refractivity contribution is 5.68. The molecule has 0 unspecified atom stereocenters. The van der Waals surface area contributed by atoms with E-state index in [1.807, 2.05) is 18.2 Å². The average Bonchev–Trinajstić information content (AvgIpc) is 2.92. The molecular formula is C20H26N4O3. The number of aromatic nitrogens is 2. The summed E-state index contributed by atoms with van der Waals surface area (Å²) in [7, 11) is 0. The van der Waals surface area contributed by atoms with Crippen molar-refractivity contribution in [3.8, 4) is 17.1 Å². The molecule has 1 saturated heterocycles. The summed E-state index contributed by atoms with van der Waals surface area (Å²) < 4.78 is 5.53. The van der Waals surface area contributed by atoms with Gasteiger partial charge in [0.05, 0.1) is 0 Å². The molecule has 7 nitrogen and oxygen atoms in total. The summed E-state index contributed by atoms with van der Waals surface area (Å²) >= 11 is 0. The van der Waals surface area contributed by atoms with Gasteiger partial charge in [-0.15, -0.1) is 0 Å². The van der Waals surface area contributed by atoms with Crippen LogP contribution in [0.15, 0.2) is 36.7 Å². The number of benzene rings is 1. The second kappa shape index (κ2) is 9.43. The van der Waals surface area contributed by atoms with Gasteiger partial charge in [-0.25, -0.2) is 14.8 Å². The number of carbonyl (C=O) groups is 1. The van der Waals surface area contributed by atoms with Crippen molar-refractivity contribution in [3.63, 3.8) is 0 Å². The summed E-state index contributed by atoms with van der Waals surface area (Å²) in [5, 5.41) is 8.95. The smallest absolute Gasteiger partial charge is 0.341 e. The van der Waals surface area contributed by atoms with E-state index in [0.717, 1.165) is 50.3 Å². The number of hydrogen-bond donors (Lipinski definition) is 1. The summed E-state index contributed by atoms with van der Waals surface area (Å²) in [6, 6.07) is 7.48. The Morgan fingerprint density at radius 2 is 1.89 bits per heavy atom. The molecule has 0 radical (unpaired) electrons. The van der Waals surface area contributed by atoms with Crippen LogP contribution in [0, 0.1) is 0 Å². The number of carboxylic acids is 1. The lowest BCUT2D eigenvalue weighted by molar-refractivity contribution is -0.139. The van der Waals surface area contributed by atoms with E-state index in [1.54, 1.807) is 18.5 Å². The van der Waals surface area contributed by atoms with Gasteiger partial charge in [0.2, 0.25) is 0 Å². The van der Waals surface area contributed by atoms with Gasteiger partial charge < -0.3 is 14.7 Å². The molecular weight excluding hydrogens is 344 g/mol. The first-order valence-electron chi connectivity index (χ1n) is 9.35. The van der Waals surface area contributed by atoms with E-state index in [-0.39, 0.29) is 6.61 Å². The van der Waals surface area contributed by atoms with Gasteiger partial charge in [-0.05, 0) is 50.3 Å². The zero-order chi connectivity index (χ0) is 19.1. The van der Waals surface area contributed by atoms with Crippen LogP contribution in [0.3, 0.4) is 0 Å². The second-order valence-corrected chi connectivity index (χ2v) is 6.64. The molecule has 3 rings (SSSR count). The topological polar surface area (TPSA) is 78.8 Å². The zero-order valence-corrected chi connectivity index (χ0v) is 15.7. The molecule has 0 atom stereocenters. The van der Waals surface area contributed by atoms with E-state index in [9.17, 15) is 4.79 Å². The Morgan fingerprint density at radius 3 is 2.63 bits per heavy atom. The van der Waals surface area contributed by atoms with Crippen LogP contribution >= 0.6 is 0 Å². The molecule has 1 aromatic heterocycles. The van der Waals surface area contributed by atoms with Gasteiger partial charge in [0, 0.05) is 43.2 Å². The van der Waals surface area contributed by atoms with Gasteiger partial charge in [-0.3, -0.25) is 4.90 Å². The van der Waals surface area contributed by atoms with Gasteiger partial charge in [0.25, 0.3) is 0 Å². The maximum atomic E-state index is 10.9. The van der Waals surface area contributed by atoms with Gasteiger partial charge in [0.1, 0.15) is 5.75 Å². The minimum atomic E-state index is -0.982. The van der Waals surface area contributed by atoms with E-state index in [2.05, 4.69) is 26.7 Å². The summed E-state index contributed by atoms with van der Waals surface area (Å²) in [6.45, 7) is 7.79. The maximum Gasteiger partial charge on any atom is 0.341 e. The van der Waals surface area contributed by atoms with Gasteiger partial charge in [-0.2, -0.15) is 0 Å². The van der Waals surface area contributed by atoms with E-state index >= 15 is 0 Å². The van der Waals surface area contributed by atoms with Crippen molar-refractivity contribution >= 4 is 5.97 Å². The summed E-state index contributed by atoms with van der Waals surface area (Å²) in [6.07, 6.45) is 4.55. The molecule has 1 aliphatic heterocycles. The van der Waals surface area contributed by atoms with Gasteiger partial charge in [-0.1, -0.05) is 6.92 Å².